The number of hydrogen-bond acceptors (Lipinski definition) is 1. The molecule has 0 N–H and O–H groups in total. The van der Waals surface area contributed by atoms with E-state index >= 15 is 0 Å². The third-order valence-electron chi connectivity index (χ3n) is 4.10. The van der Waals surface area contributed by atoms with Crippen molar-refractivity contribution in [2.24, 2.45) is 5.92 Å². The van der Waals surface area contributed by atoms with Crippen molar-refractivity contribution in [2.45, 2.75) is 44.9 Å². The Morgan fingerprint density at radius 2 is 1.94 bits per heavy atom. The average molecular weight is 214 g/mol. The molecule has 84 valence electrons. The van der Waals surface area contributed by atoms with E-state index in [-0.39, 0.29) is 0 Å². The highest BCUT2D eigenvalue weighted by atomic mass is 16.1. The van der Waals surface area contributed by atoms with Gasteiger partial charge < -0.3 is 0 Å². The van der Waals surface area contributed by atoms with Gasteiger partial charge in [0.25, 0.3) is 0 Å². The summed E-state index contributed by atoms with van der Waals surface area (Å²) in [7, 11) is 0. The number of ketones is 1. The van der Waals surface area contributed by atoms with Crippen molar-refractivity contribution in [3.8, 4) is 0 Å². The maximum Gasteiger partial charge on any atom is 0.140 e. The SMILES string of the molecule is O=C(Cc1ccc2c(c1)CCC2)C1CCC1. The molecule has 0 unspecified atom stereocenters. The van der Waals surface area contributed by atoms with Crippen LogP contribution in [0.3, 0.4) is 0 Å². The van der Waals surface area contributed by atoms with Crippen molar-refractivity contribution in [3.63, 3.8) is 0 Å². The van der Waals surface area contributed by atoms with E-state index in [2.05, 4.69) is 18.2 Å². The Kier molecular flexibility index (Phi) is 2.55. The van der Waals surface area contributed by atoms with Crippen LogP contribution in [0.15, 0.2) is 18.2 Å². The molecule has 0 bridgehead atoms. The van der Waals surface area contributed by atoms with Crippen LogP contribution in [0.2, 0.25) is 0 Å². The van der Waals surface area contributed by atoms with Gasteiger partial charge in [0.1, 0.15) is 5.78 Å². The highest BCUT2D eigenvalue weighted by Gasteiger charge is 2.25. The summed E-state index contributed by atoms with van der Waals surface area (Å²) in [4.78, 5) is 11.9. The van der Waals surface area contributed by atoms with Crippen LogP contribution < -0.4 is 0 Å². The van der Waals surface area contributed by atoms with Gasteiger partial charge >= 0.3 is 0 Å². The maximum atomic E-state index is 11.9. The molecule has 0 spiro atoms. The number of hydrogen-bond donors (Lipinski definition) is 0. The summed E-state index contributed by atoms with van der Waals surface area (Å²) in [5.74, 6) is 0.845. The van der Waals surface area contributed by atoms with Gasteiger partial charge in [0, 0.05) is 12.3 Å². The first-order valence-electron chi connectivity index (χ1n) is 6.46. The minimum atomic E-state index is 0.383. The molecule has 16 heavy (non-hydrogen) atoms. The number of carbonyl (C=O) groups excluding carboxylic acids is 1. The second kappa shape index (κ2) is 4.04. The van der Waals surface area contributed by atoms with Crippen molar-refractivity contribution in [1.29, 1.82) is 0 Å². The molecule has 0 aromatic heterocycles. The van der Waals surface area contributed by atoms with Gasteiger partial charge in [-0.1, -0.05) is 24.6 Å². The van der Waals surface area contributed by atoms with E-state index in [0.717, 1.165) is 12.8 Å². The Balaban J connectivity index is 1.72. The fourth-order valence-corrected chi connectivity index (χ4v) is 2.81. The molecule has 0 radical (unpaired) electrons. The highest BCUT2D eigenvalue weighted by Crippen LogP contribution is 2.29. The molecule has 1 heteroatoms. The van der Waals surface area contributed by atoms with Crippen LogP contribution in [0, 0.1) is 5.92 Å². The lowest BCUT2D eigenvalue weighted by atomic mass is 9.80. The maximum absolute atomic E-state index is 11.9. The second-order valence-electron chi connectivity index (χ2n) is 5.23. The van der Waals surface area contributed by atoms with Crippen LogP contribution in [-0.4, -0.2) is 5.78 Å². The molecule has 1 saturated carbocycles. The molecular formula is C15H18O. The Bertz CT molecular complexity index is 415. The van der Waals surface area contributed by atoms with Gasteiger partial charge in [-0.25, -0.2) is 0 Å². The molecule has 1 aromatic carbocycles. The standard InChI is InChI=1S/C15H18O/c16-15(13-4-2-5-13)10-11-7-8-12-3-1-6-14(12)9-11/h7-9,13H,1-6,10H2. The van der Waals surface area contributed by atoms with E-state index in [1.54, 1.807) is 0 Å². The molecule has 0 aliphatic heterocycles. The zero-order valence-corrected chi connectivity index (χ0v) is 9.67. The molecule has 2 aliphatic rings. The van der Waals surface area contributed by atoms with Crippen molar-refractivity contribution in [2.75, 3.05) is 0 Å². The minimum absolute atomic E-state index is 0.383. The van der Waals surface area contributed by atoms with Crippen LogP contribution in [0.25, 0.3) is 0 Å². The Morgan fingerprint density at radius 1 is 1.12 bits per heavy atom. The molecular weight excluding hydrogens is 196 g/mol. The molecule has 0 atom stereocenters. The quantitative estimate of drug-likeness (QED) is 0.755. The van der Waals surface area contributed by atoms with E-state index < -0.39 is 0 Å². The van der Waals surface area contributed by atoms with E-state index in [1.165, 1.54) is 42.4 Å². The van der Waals surface area contributed by atoms with Crippen LogP contribution in [-0.2, 0) is 24.1 Å². The van der Waals surface area contributed by atoms with E-state index in [0.29, 0.717) is 18.1 Å². The zero-order chi connectivity index (χ0) is 11.0. The molecule has 2 aliphatic carbocycles. The number of aryl methyl sites for hydroxylation is 2. The second-order valence-corrected chi connectivity index (χ2v) is 5.23. The first kappa shape index (κ1) is 10.1. The van der Waals surface area contributed by atoms with Crippen molar-refractivity contribution < 1.29 is 4.79 Å². The molecule has 1 nitrogen and oxygen atoms in total. The first-order chi connectivity index (χ1) is 7.83. The lowest BCUT2D eigenvalue weighted by Gasteiger charge is -2.23. The monoisotopic (exact) mass is 214 g/mol. The number of rotatable bonds is 3. The topological polar surface area (TPSA) is 17.1 Å². The molecule has 0 saturated heterocycles. The van der Waals surface area contributed by atoms with Crippen LogP contribution in [0.1, 0.15) is 42.4 Å². The summed E-state index contributed by atoms with van der Waals surface area (Å²) in [5.41, 5.74) is 4.22. The number of benzene rings is 1. The summed E-state index contributed by atoms with van der Waals surface area (Å²) < 4.78 is 0. The van der Waals surface area contributed by atoms with Crippen LogP contribution in [0.5, 0.6) is 0 Å². The summed E-state index contributed by atoms with van der Waals surface area (Å²) in [6.07, 6.45) is 7.90. The predicted octanol–water partition coefficient (Wildman–Crippen LogP) is 3.09. The first-order valence-corrected chi connectivity index (χ1v) is 6.46. The lowest BCUT2D eigenvalue weighted by molar-refractivity contribution is -0.124. The number of fused-ring (bicyclic) bond motifs is 1. The third kappa shape index (κ3) is 1.79. The Morgan fingerprint density at radius 3 is 2.69 bits per heavy atom. The Hall–Kier alpha value is -1.11. The lowest BCUT2D eigenvalue weighted by Crippen LogP contribution is -2.23. The fraction of sp³-hybridized carbons (Fsp3) is 0.533. The summed E-state index contributed by atoms with van der Waals surface area (Å²) in [6, 6.07) is 6.64. The number of carbonyl (C=O) groups is 1. The van der Waals surface area contributed by atoms with Gasteiger partial charge in [0.15, 0.2) is 0 Å². The normalized spacial score (nSPS) is 19.2. The average Bonchev–Trinajstić information content (AvgIpc) is 2.61. The largest absolute Gasteiger partial charge is 0.299 e. The fourth-order valence-electron chi connectivity index (χ4n) is 2.81. The molecule has 1 aromatic rings. The van der Waals surface area contributed by atoms with Crippen molar-refractivity contribution in [1.82, 2.24) is 0 Å². The molecule has 0 heterocycles. The molecule has 0 amide bonds. The summed E-state index contributed by atoms with van der Waals surface area (Å²) in [6.45, 7) is 0. The third-order valence-corrected chi connectivity index (χ3v) is 4.10. The van der Waals surface area contributed by atoms with Gasteiger partial charge in [-0.2, -0.15) is 0 Å². The van der Waals surface area contributed by atoms with E-state index in [1.807, 2.05) is 0 Å². The highest BCUT2D eigenvalue weighted by molar-refractivity contribution is 5.84. The van der Waals surface area contributed by atoms with Crippen molar-refractivity contribution in [3.05, 3.63) is 34.9 Å². The summed E-state index contributed by atoms with van der Waals surface area (Å²) in [5, 5.41) is 0. The zero-order valence-electron chi connectivity index (χ0n) is 9.67. The number of Topliss-reactive ketones (excluding diaryl/α,β-unsaturated/α-hetero) is 1. The molecule has 1 fully saturated rings. The smallest absolute Gasteiger partial charge is 0.140 e. The van der Waals surface area contributed by atoms with Crippen LogP contribution >= 0.6 is 0 Å². The molecule has 3 rings (SSSR count). The van der Waals surface area contributed by atoms with Gasteiger partial charge in [0.05, 0.1) is 0 Å². The summed E-state index contributed by atoms with van der Waals surface area (Å²) >= 11 is 0. The predicted molar refractivity (Wildman–Crippen MR) is 64.5 cm³/mol. The minimum Gasteiger partial charge on any atom is -0.299 e. The van der Waals surface area contributed by atoms with Gasteiger partial charge in [-0.05, 0) is 48.8 Å². The van der Waals surface area contributed by atoms with E-state index in [4.69, 9.17) is 0 Å². The van der Waals surface area contributed by atoms with Crippen LogP contribution in [0.4, 0.5) is 0 Å². The van der Waals surface area contributed by atoms with Gasteiger partial charge in [0.2, 0.25) is 0 Å². The van der Waals surface area contributed by atoms with Gasteiger partial charge in [-0.15, -0.1) is 0 Å². The van der Waals surface area contributed by atoms with Crippen molar-refractivity contribution >= 4 is 5.78 Å². The van der Waals surface area contributed by atoms with Gasteiger partial charge in [-0.3, -0.25) is 4.79 Å². The van der Waals surface area contributed by atoms with E-state index in [9.17, 15) is 4.79 Å². The Labute approximate surface area is 96.9 Å².